The zero-order valence-corrected chi connectivity index (χ0v) is 11.1. The van der Waals surface area contributed by atoms with Crippen LogP contribution in [-0.4, -0.2) is 23.7 Å². The first-order valence-electron chi connectivity index (χ1n) is 4.41. The molecule has 0 aliphatic carbocycles. The van der Waals surface area contributed by atoms with Crippen molar-refractivity contribution >= 4 is 23.5 Å². The summed E-state index contributed by atoms with van der Waals surface area (Å²) < 4.78 is 22.5. The zero-order chi connectivity index (χ0) is 10.5. The average molecular weight is 273 g/mol. The number of hydrogen-bond donors (Lipinski definition) is 0. The average Bonchev–Trinajstić information content (AvgIpc) is 1.81. The molecule has 0 bridgehead atoms. The minimum Gasteiger partial charge on any atom is -0.306 e. The van der Waals surface area contributed by atoms with E-state index in [-0.39, 0.29) is 12.2 Å². The first kappa shape index (κ1) is 13.6. The Labute approximate surface area is 88.9 Å². The molecular weight excluding hydrogens is 255 g/mol. The smallest absolute Gasteiger partial charge is 0.306 e. The number of rotatable bonds is 6. The van der Waals surface area contributed by atoms with Crippen molar-refractivity contribution < 1.29 is 13.6 Å². The molecule has 0 radical (unpaired) electrons. The monoisotopic (exact) mass is 272 g/mol. The summed E-state index contributed by atoms with van der Waals surface area (Å²) in [5.41, 5.74) is 0. The Morgan fingerprint density at radius 2 is 1.54 bits per heavy atom. The summed E-state index contributed by atoms with van der Waals surface area (Å²) in [6, 6.07) is 0. The van der Waals surface area contributed by atoms with E-state index in [4.69, 9.17) is 9.05 Å². The lowest BCUT2D eigenvalue weighted by Crippen LogP contribution is -2.10. The van der Waals surface area contributed by atoms with Crippen LogP contribution in [0.1, 0.15) is 27.7 Å². The molecule has 0 spiro atoms. The number of hydrogen-bond acceptors (Lipinski definition) is 3. The summed E-state index contributed by atoms with van der Waals surface area (Å²) >= 11 is 3.23. The van der Waals surface area contributed by atoms with Gasteiger partial charge in [-0.15, -0.1) is 0 Å². The maximum Gasteiger partial charge on any atom is 0.332 e. The maximum absolute atomic E-state index is 12.0. The lowest BCUT2D eigenvalue weighted by molar-refractivity contribution is 0.143. The Balaban J connectivity index is 4.25. The molecule has 0 aromatic carbocycles. The molecule has 0 aromatic rings. The molecule has 13 heavy (non-hydrogen) atoms. The van der Waals surface area contributed by atoms with Crippen LogP contribution in [0.25, 0.3) is 0 Å². The summed E-state index contributed by atoms with van der Waals surface area (Å²) in [6.45, 7) is 7.41. The summed E-state index contributed by atoms with van der Waals surface area (Å²) in [5.74, 6) is 0. The Morgan fingerprint density at radius 1 is 1.15 bits per heavy atom. The Kier molecular flexibility index (Phi) is 6.48. The van der Waals surface area contributed by atoms with E-state index in [1.165, 1.54) is 0 Å². The van der Waals surface area contributed by atoms with Crippen LogP contribution in [0.3, 0.4) is 0 Å². The van der Waals surface area contributed by atoms with Gasteiger partial charge in [0.1, 0.15) is 0 Å². The molecule has 0 saturated heterocycles. The predicted octanol–water partition coefficient (Wildman–Crippen LogP) is 3.42. The highest BCUT2D eigenvalue weighted by atomic mass is 79.9. The van der Waals surface area contributed by atoms with E-state index >= 15 is 0 Å². The van der Waals surface area contributed by atoms with Crippen LogP contribution < -0.4 is 0 Å². The number of halogens is 1. The molecule has 0 rings (SSSR count). The van der Waals surface area contributed by atoms with Crippen molar-refractivity contribution in [3.63, 3.8) is 0 Å². The van der Waals surface area contributed by atoms with Crippen molar-refractivity contribution in [3.8, 4) is 0 Å². The molecule has 0 saturated carbocycles. The number of alkyl halides is 1. The van der Waals surface area contributed by atoms with Gasteiger partial charge in [-0.2, -0.15) is 0 Å². The van der Waals surface area contributed by atoms with Gasteiger partial charge in [-0.1, -0.05) is 15.9 Å². The van der Waals surface area contributed by atoms with Gasteiger partial charge >= 0.3 is 7.60 Å². The molecular formula is C8H18BrO3P. The van der Waals surface area contributed by atoms with E-state index in [9.17, 15) is 4.57 Å². The summed E-state index contributed by atoms with van der Waals surface area (Å²) in [7, 11) is -2.88. The standard InChI is InChI=1S/C8H18BrO3P/c1-7(2)11-13(10,6-5-9)12-8(3)4/h7-8H,5-6H2,1-4H3. The van der Waals surface area contributed by atoms with Crippen LogP contribution in [0.15, 0.2) is 0 Å². The third-order valence-corrected chi connectivity index (χ3v) is 4.37. The van der Waals surface area contributed by atoms with Gasteiger partial charge in [-0.3, -0.25) is 4.57 Å². The van der Waals surface area contributed by atoms with Crippen molar-refractivity contribution in [1.82, 2.24) is 0 Å². The van der Waals surface area contributed by atoms with Crippen LogP contribution in [0, 0.1) is 0 Å². The molecule has 0 heterocycles. The van der Waals surface area contributed by atoms with Gasteiger partial charge in [0, 0.05) is 5.33 Å². The SMILES string of the molecule is CC(C)OP(=O)(CCBr)OC(C)C. The highest BCUT2D eigenvalue weighted by molar-refractivity contribution is 9.09. The largest absolute Gasteiger partial charge is 0.332 e. The van der Waals surface area contributed by atoms with Crippen molar-refractivity contribution in [2.24, 2.45) is 0 Å². The minimum atomic E-state index is -2.88. The van der Waals surface area contributed by atoms with Crippen molar-refractivity contribution in [2.75, 3.05) is 11.5 Å². The fourth-order valence-corrected chi connectivity index (χ4v) is 3.93. The van der Waals surface area contributed by atoms with Crippen LogP contribution >= 0.6 is 23.5 Å². The van der Waals surface area contributed by atoms with E-state index < -0.39 is 7.60 Å². The highest BCUT2D eigenvalue weighted by Gasteiger charge is 2.26. The predicted molar refractivity (Wildman–Crippen MR) is 58.7 cm³/mol. The molecule has 0 fully saturated rings. The van der Waals surface area contributed by atoms with E-state index in [1.54, 1.807) is 0 Å². The van der Waals surface area contributed by atoms with Gasteiger partial charge in [0.15, 0.2) is 0 Å². The normalized spacial score (nSPS) is 12.8. The third kappa shape index (κ3) is 6.67. The molecule has 0 aromatic heterocycles. The summed E-state index contributed by atoms with van der Waals surface area (Å²) in [5, 5.41) is 0.629. The van der Waals surface area contributed by atoms with Gasteiger partial charge in [0.05, 0.1) is 18.4 Å². The highest BCUT2D eigenvalue weighted by Crippen LogP contribution is 2.50. The Bertz CT molecular complexity index is 168. The fourth-order valence-electron chi connectivity index (χ4n) is 0.876. The van der Waals surface area contributed by atoms with Gasteiger partial charge in [0.25, 0.3) is 0 Å². The molecule has 0 aliphatic heterocycles. The molecule has 0 unspecified atom stereocenters. The fraction of sp³-hybridized carbons (Fsp3) is 1.00. The first-order valence-corrected chi connectivity index (χ1v) is 7.26. The molecule has 0 amide bonds. The Hall–Kier alpha value is 0.630. The van der Waals surface area contributed by atoms with Crippen molar-refractivity contribution in [2.45, 2.75) is 39.9 Å². The summed E-state index contributed by atoms with van der Waals surface area (Å²) in [6.07, 6.45) is 0.288. The molecule has 5 heteroatoms. The lowest BCUT2D eigenvalue weighted by atomic mass is 10.5. The molecule has 0 atom stereocenters. The molecule has 80 valence electrons. The van der Waals surface area contributed by atoms with Crippen LogP contribution in [-0.2, 0) is 13.6 Å². The second-order valence-corrected chi connectivity index (χ2v) is 6.22. The lowest BCUT2D eigenvalue weighted by Gasteiger charge is -2.21. The van der Waals surface area contributed by atoms with E-state index in [0.29, 0.717) is 11.5 Å². The van der Waals surface area contributed by atoms with Gasteiger partial charge in [-0.05, 0) is 27.7 Å². The van der Waals surface area contributed by atoms with Gasteiger partial charge < -0.3 is 9.05 Å². The van der Waals surface area contributed by atoms with E-state index in [2.05, 4.69) is 15.9 Å². The van der Waals surface area contributed by atoms with Crippen LogP contribution in [0.4, 0.5) is 0 Å². The second-order valence-electron chi connectivity index (χ2n) is 3.33. The molecule has 0 N–H and O–H groups in total. The van der Waals surface area contributed by atoms with Crippen molar-refractivity contribution in [3.05, 3.63) is 0 Å². The zero-order valence-electron chi connectivity index (χ0n) is 8.62. The van der Waals surface area contributed by atoms with E-state index in [0.717, 1.165) is 0 Å². The van der Waals surface area contributed by atoms with Crippen LogP contribution in [0.5, 0.6) is 0 Å². The Morgan fingerprint density at radius 3 is 1.77 bits per heavy atom. The third-order valence-electron chi connectivity index (χ3n) is 1.10. The topological polar surface area (TPSA) is 35.5 Å². The first-order chi connectivity index (χ1) is 5.89. The molecule has 3 nitrogen and oxygen atoms in total. The van der Waals surface area contributed by atoms with E-state index in [1.807, 2.05) is 27.7 Å². The van der Waals surface area contributed by atoms with Gasteiger partial charge in [-0.25, -0.2) is 0 Å². The molecule has 0 aliphatic rings. The van der Waals surface area contributed by atoms with Crippen molar-refractivity contribution in [1.29, 1.82) is 0 Å². The van der Waals surface area contributed by atoms with Gasteiger partial charge in [0.2, 0.25) is 0 Å². The quantitative estimate of drug-likeness (QED) is 0.549. The van der Waals surface area contributed by atoms with Crippen LogP contribution in [0.2, 0.25) is 0 Å². The minimum absolute atomic E-state index is 0.0661. The maximum atomic E-state index is 12.0. The summed E-state index contributed by atoms with van der Waals surface area (Å²) in [4.78, 5) is 0. The second kappa shape index (κ2) is 6.18.